The normalized spacial score (nSPS) is 37.1. The number of hydrogen-bond donors (Lipinski definition) is 1. The molecule has 2 saturated carbocycles. The van der Waals surface area contributed by atoms with E-state index in [0.717, 1.165) is 31.7 Å². The lowest BCUT2D eigenvalue weighted by Gasteiger charge is -2.44. The molecule has 120 valence electrons. The van der Waals surface area contributed by atoms with Crippen LogP contribution in [0.4, 0.5) is 0 Å². The van der Waals surface area contributed by atoms with Crippen LogP contribution in [0, 0.1) is 11.8 Å². The molecule has 3 fully saturated rings. The molecule has 3 nitrogen and oxygen atoms in total. The highest BCUT2D eigenvalue weighted by Crippen LogP contribution is 2.36. The summed E-state index contributed by atoms with van der Waals surface area (Å²) >= 11 is 0. The van der Waals surface area contributed by atoms with Gasteiger partial charge >= 0.3 is 0 Å². The summed E-state index contributed by atoms with van der Waals surface area (Å²) < 4.78 is 0. The molecule has 1 heterocycles. The Labute approximate surface area is 129 Å². The average Bonchev–Trinajstić information content (AvgIpc) is 2.52. The molecular weight excluding hydrogens is 260 g/mol. The van der Waals surface area contributed by atoms with E-state index in [0.29, 0.717) is 23.9 Å². The van der Waals surface area contributed by atoms with Crippen molar-refractivity contribution in [3.63, 3.8) is 0 Å². The summed E-state index contributed by atoms with van der Waals surface area (Å²) in [6.45, 7) is 1.02. The van der Waals surface area contributed by atoms with E-state index in [-0.39, 0.29) is 0 Å². The van der Waals surface area contributed by atoms with Crippen LogP contribution in [-0.4, -0.2) is 29.4 Å². The first-order valence-corrected chi connectivity index (χ1v) is 9.29. The Morgan fingerprint density at radius 3 is 2.67 bits per heavy atom. The smallest absolute Gasteiger partial charge is 0.222 e. The maximum Gasteiger partial charge on any atom is 0.222 e. The van der Waals surface area contributed by atoms with Crippen molar-refractivity contribution in [3.8, 4) is 0 Å². The number of fused-ring (bicyclic) bond motifs is 1. The third kappa shape index (κ3) is 3.80. The van der Waals surface area contributed by atoms with E-state index in [1.807, 2.05) is 0 Å². The third-order valence-corrected chi connectivity index (χ3v) is 6.15. The summed E-state index contributed by atoms with van der Waals surface area (Å²) in [5, 5.41) is 0. The van der Waals surface area contributed by atoms with E-state index in [2.05, 4.69) is 4.90 Å². The molecule has 3 aliphatic rings. The summed E-state index contributed by atoms with van der Waals surface area (Å²) in [5.74, 6) is 1.94. The van der Waals surface area contributed by atoms with E-state index >= 15 is 0 Å². The predicted molar refractivity (Wildman–Crippen MR) is 85.9 cm³/mol. The first-order valence-electron chi connectivity index (χ1n) is 9.29. The summed E-state index contributed by atoms with van der Waals surface area (Å²) in [6.07, 6.45) is 14.6. The molecule has 1 amide bonds. The molecule has 0 bridgehead atoms. The second-order valence-corrected chi connectivity index (χ2v) is 7.67. The molecule has 0 aromatic carbocycles. The largest absolute Gasteiger partial charge is 0.339 e. The van der Waals surface area contributed by atoms with Gasteiger partial charge < -0.3 is 10.6 Å². The molecule has 0 aromatic heterocycles. The quantitative estimate of drug-likeness (QED) is 0.866. The van der Waals surface area contributed by atoms with E-state index < -0.39 is 0 Å². The van der Waals surface area contributed by atoms with Crippen LogP contribution >= 0.6 is 0 Å². The zero-order valence-corrected chi connectivity index (χ0v) is 13.4. The van der Waals surface area contributed by atoms with Gasteiger partial charge in [-0.2, -0.15) is 0 Å². The molecule has 0 aromatic rings. The number of likely N-dealkylation sites (tertiary alicyclic amines) is 1. The number of carbonyl (C=O) groups excluding carboxylic acids is 1. The van der Waals surface area contributed by atoms with Crippen LogP contribution in [0.2, 0.25) is 0 Å². The van der Waals surface area contributed by atoms with E-state index in [9.17, 15) is 4.79 Å². The lowest BCUT2D eigenvalue weighted by atomic mass is 9.78. The highest BCUT2D eigenvalue weighted by molar-refractivity contribution is 5.76. The van der Waals surface area contributed by atoms with Crippen molar-refractivity contribution in [2.75, 3.05) is 6.54 Å². The molecule has 3 rings (SSSR count). The Morgan fingerprint density at radius 2 is 1.81 bits per heavy atom. The fourth-order valence-corrected chi connectivity index (χ4v) is 5.00. The summed E-state index contributed by atoms with van der Waals surface area (Å²) in [6, 6.07) is 0.963. The molecule has 0 spiro atoms. The molecular formula is C18H32N2O. The van der Waals surface area contributed by atoms with Gasteiger partial charge in [0.15, 0.2) is 0 Å². The van der Waals surface area contributed by atoms with Crippen molar-refractivity contribution >= 4 is 5.91 Å². The molecule has 3 heteroatoms. The van der Waals surface area contributed by atoms with Crippen molar-refractivity contribution in [2.24, 2.45) is 17.6 Å². The van der Waals surface area contributed by atoms with Crippen molar-refractivity contribution in [2.45, 2.75) is 89.1 Å². The van der Waals surface area contributed by atoms with E-state index in [1.165, 1.54) is 57.8 Å². The van der Waals surface area contributed by atoms with Crippen molar-refractivity contribution < 1.29 is 4.79 Å². The van der Waals surface area contributed by atoms with Gasteiger partial charge in [0.05, 0.1) is 0 Å². The summed E-state index contributed by atoms with van der Waals surface area (Å²) in [7, 11) is 0. The molecule has 2 unspecified atom stereocenters. The fraction of sp³-hybridized carbons (Fsp3) is 0.944. The monoisotopic (exact) mass is 292 g/mol. The van der Waals surface area contributed by atoms with Gasteiger partial charge in [0, 0.05) is 25.0 Å². The maximum atomic E-state index is 12.7. The van der Waals surface area contributed by atoms with Gasteiger partial charge in [-0.15, -0.1) is 0 Å². The number of piperidine rings is 1. The van der Waals surface area contributed by atoms with Crippen LogP contribution in [0.15, 0.2) is 0 Å². The molecule has 1 aliphatic heterocycles. The minimum Gasteiger partial charge on any atom is -0.339 e. The number of nitrogens with two attached hydrogens (primary N) is 1. The van der Waals surface area contributed by atoms with Gasteiger partial charge in [-0.05, 0) is 56.8 Å². The van der Waals surface area contributed by atoms with Crippen LogP contribution in [-0.2, 0) is 4.79 Å². The zero-order chi connectivity index (χ0) is 14.7. The molecule has 2 aliphatic carbocycles. The van der Waals surface area contributed by atoms with Gasteiger partial charge in [0.1, 0.15) is 0 Å². The predicted octanol–water partition coefficient (Wildman–Crippen LogP) is 3.47. The van der Waals surface area contributed by atoms with Crippen molar-refractivity contribution in [1.82, 2.24) is 4.90 Å². The lowest BCUT2D eigenvalue weighted by molar-refractivity contribution is -0.137. The Bertz CT molecular complexity index is 355. The Kier molecular flexibility index (Phi) is 5.20. The fourth-order valence-electron chi connectivity index (χ4n) is 5.00. The highest BCUT2D eigenvalue weighted by atomic mass is 16.2. The Morgan fingerprint density at radius 1 is 1.00 bits per heavy atom. The number of nitrogens with zero attached hydrogens (tertiary/aromatic N) is 1. The van der Waals surface area contributed by atoms with Crippen LogP contribution in [0.25, 0.3) is 0 Å². The van der Waals surface area contributed by atoms with Gasteiger partial charge in [-0.1, -0.05) is 25.7 Å². The third-order valence-electron chi connectivity index (χ3n) is 6.15. The molecule has 21 heavy (non-hydrogen) atoms. The van der Waals surface area contributed by atoms with Crippen molar-refractivity contribution in [1.29, 1.82) is 0 Å². The van der Waals surface area contributed by atoms with Gasteiger partial charge in [0.2, 0.25) is 5.91 Å². The number of amides is 1. The molecule has 2 N–H and O–H groups in total. The number of rotatable bonds is 3. The van der Waals surface area contributed by atoms with E-state index in [4.69, 9.17) is 5.73 Å². The van der Waals surface area contributed by atoms with Crippen LogP contribution < -0.4 is 5.73 Å². The van der Waals surface area contributed by atoms with Crippen LogP contribution in [0.3, 0.4) is 0 Å². The maximum absolute atomic E-state index is 12.7. The second kappa shape index (κ2) is 7.13. The Hall–Kier alpha value is -0.570. The van der Waals surface area contributed by atoms with Gasteiger partial charge in [-0.25, -0.2) is 0 Å². The molecule has 4 atom stereocenters. The summed E-state index contributed by atoms with van der Waals surface area (Å²) in [4.78, 5) is 14.9. The Balaban J connectivity index is 1.49. The number of hydrogen-bond acceptors (Lipinski definition) is 2. The van der Waals surface area contributed by atoms with Crippen molar-refractivity contribution in [3.05, 3.63) is 0 Å². The standard InChI is InChI=1S/C18H32N2O/c19-16-8-3-5-14(13-16)10-11-18(21)20-12-4-7-15-6-1-2-9-17(15)20/h14-17H,1-13,19H2/t14?,15-,16?,17-/m1/s1. The highest BCUT2D eigenvalue weighted by Gasteiger charge is 2.35. The average molecular weight is 292 g/mol. The van der Waals surface area contributed by atoms with E-state index in [1.54, 1.807) is 0 Å². The van der Waals surface area contributed by atoms with Crippen LogP contribution in [0.1, 0.15) is 77.0 Å². The molecule has 1 saturated heterocycles. The van der Waals surface area contributed by atoms with Gasteiger partial charge in [0.25, 0.3) is 0 Å². The lowest BCUT2D eigenvalue weighted by Crippen LogP contribution is -2.49. The first kappa shape index (κ1) is 15.3. The SMILES string of the molecule is NC1CCCC(CCC(=O)N2CCC[C@H]3CCCC[C@H]32)C1. The second-order valence-electron chi connectivity index (χ2n) is 7.67. The van der Waals surface area contributed by atoms with Gasteiger partial charge in [-0.3, -0.25) is 4.79 Å². The number of carbonyl (C=O) groups is 1. The minimum atomic E-state index is 0.386. The molecule has 0 radical (unpaired) electrons. The topological polar surface area (TPSA) is 46.3 Å². The zero-order valence-electron chi connectivity index (χ0n) is 13.4. The van der Waals surface area contributed by atoms with Crippen LogP contribution in [0.5, 0.6) is 0 Å². The minimum absolute atomic E-state index is 0.386. The first-order chi connectivity index (χ1) is 10.2. The summed E-state index contributed by atoms with van der Waals surface area (Å²) in [5.41, 5.74) is 6.07.